The van der Waals surface area contributed by atoms with Crippen molar-refractivity contribution in [3.63, 3.8) is 0 Å². The standard InChI is InChI=1S/C14H11BrClNO2/c15-10-4-6-12(7-5-10)17-14(19)13(18)9-2-1-3-11(16)8-9/h1-8,13,18H,(H,17,19). The predicted molar refractivity (Wildman–Crippen MR) is 79.2 cm³/mol. The van der Waals surface area contributed by atoms with Crippen LogP contribution in [0.15, 0.2) is 53.0 Å². The van der Waals surface area contributed by atoms with Crippen LogP contribution in [0.3, 0.4) is 0 Å². The van der Waals surface area contributed by atoms with Crippen molar-refractivity contribution in [1.29, 1.82) is 0 Å². The highest BCUT2D eigenvalue weighted by Gasteiger charge is 2.17. The van der Waals surface area contributed by atoms with Crippen LogP contribution in [0.5, 0.6) is 0 Å². The highest BCUT2D eigenvalue weighted by atomic mass is 79.9. The van der Waals surface area contributed by atoms with Crippen molar-refractivity contribution in [2.24, 2.45) is 0 Å². The number of aliphatic hydroxyl groups excluding tert-OH is 1. The molecule has 0 saturated carbocycles. The van der Waals surface area contributed by atoms with Gasteiger partial charge < -0.3 is 10.4 Å². The highest BCUT2D eigenvalue weighted by Crippen LogP contribution is 2.20. The Morgan fingerprint density at radius 1 is 1.21 bits per heavy atom. The SMILES string of the molecule is O=C(Nc1ccc(Br)cc1)C(O)c1cccc(Cl)c1. The summed E-state index contributed by atoms with van der Waals surface area (Å²) >= 11 is 9.13. The Labute approximate surface area is 124 Å². The average molecular weight is 341 g/mol. The smallest absolute Gasteiger partial charge is 0.257 e. The Hall–Kier alpha value is -1.36. The second kappa shape index (κ2) is 6.19. The molecule has 1 unspecified atom stereocenters. The van der Waals surface area contributed by atoms with Gasteiger partial charge in [0.2, 0.25) is 0 Å². The summed E-state index contributed by atoms with van der Waals surface area (Å²) in [4.78, 5) is 11.9. The molecule has 0 aromatic heterocycles. The molecule has 0 spiro atoms. The fourth-order valence-corrected chi connectivity index (χ4v) is 2.03. The third-order valence-electron chi connectivity index (χ3n) is 2.52. The predicted octanol–water partition coefficient (Wildman–Crippen LogP) is 3.77. The van der Waals surface area contributed by atoms with E-state index in [0.29, 0.717) is 16.3 Å². The van der Waals surface area contributed by atoms with Gasteiger partial charge in [0.15, 0.2) is 6.10 Å². The van der Waals surface area contributed by atoms with E-state index in [2.05, 4.69) is 21.2 Å². The Morgan fingerprint density at radius 2 is 1.89 bits per heavy atom. The largest absolute Gasteiger partial charge is 0.378 e. The van der Waals surface area contributed by atoms with Gasteiger partial charge in [0.25, 0.3) is 5.91 Å². The molecule has 19 heavy (non-hydrogen) atoms. The van der Waals surface area contributed by atoms with Gasteiger partial charge in [0, 0.05) is 15.2 Å². The first-order valence-electron chi connectivity index (χ1n) is 5.56. The summed E-state index contributed by atoms with van der Waals surface area (Å²) in [6, 6.07) is 13.7. The molecule has 0 radical (unpaired) electrons. The normalized spacial score (nSPS) is 11.9. The molecular weight excluding hydrogens is 330 g/mol. The van der Waals surface area contributed by atoms with E-state index in [0.717, 1.165) is 4.47 Å². The second-order valence-electron chi connectivity index (χ2n) is 3.95. The van der Waals surface area contributed by atoms with Gasteiger partial charge in [-0.1, -0.05) is 39.7 Å². The van der Waals surface area contributed by atoms with E-state index in [9.17, 15) is 9.90 Å². The van der Waals surface area contributed by atoms with E-state index in [1.807, 2.05) is 0 Å². The molecule has 2 N–H and O–H groups in total. The summed E-state index contributed by atoms with van der Waals surface area (Å²) in [6.07, 6.45) is -1.25. The van der Waals surface area contributed by atoms with Crippen LogP contribution in [0, 0.1) is 0 Å². The maximum absolute atomic E-state index is 11.9. The minimum absolute atomic E-state index is 0.460. The van der Waals surface area contributed by atoms with Gasteiger partial charge >= 0.3 is 0 Å². The van der Waals surface area contributed by atoms with Crippen molar-refractivity contribution in [3.8, 4) is 0 Å². The Balaban J connectivity index is 2.09. The van der Waals surface area contributed by atoms with Crippen LogP contribution < -0.4 is 5.32 Å². The molecule has 0 bridgehead atoms. The van der Waals surface area contributed by atoms with Crippen LogP contribution in [0.25, 0.3) is 0 Å². The number of halogens is 2. The fraction of sp³-hybridized carbons (Fsp3) is 0.0714. The minimum Gasteiger partial charge on any atom is -0.378 e. The van der Waals surface area contributed by atoms with E-state index < -0.39 is 12.0 Å². The Kier molecular flexibility index (Phi) is 4.58. The lowest BCUT2D eigenvalue weighted by Gasteiger charge is -2.12. The molecule has 0 saturated heterocycles. The van der Waals surface area contributed by atoms with Gasteiger partial charge in [0.1, 0.15) is 0 Å². The lowest BCUT2D eigenvalue weighted by atomic mass is 10.1. The molecule has 5 heteroatoms. The summed E-state index contributed by atoms with van der Waals surface area (Å²) in [5, 5.41) is 13.1. The molecule has 0 heterocycles. The number of amides is 1. The second-order valence-corrected chi connectivity index (χ2v) is 5.31. The molecule has 0 aliphatic rings. The van der Waals surface area contributed by atoms with Crippen LogP contribution in [0.4, 0.5) is 5.69 Å². The van der Waals surface area contributed by atoms with Gasteiger partial charge in [-0.15, -0.1) is 0 Å². The number of hydrogen-bond donors (Lipinski definition) is 2. The van der Waals surface area contributed by atoms with Crippen LogP contribution in [0.1, 0.15) is 11.7 Å². The van der Waals surface area contributed by atoms with E-state index in [-0.39, 0.29) is 0 Å². The molecule has 0 fully saturated rings. The molecule has 2 rings (SSSR count). The summed E-state index contributed by atoms with van der Waals surface area (Å²) < 4.78 is 0.917. The number of aliphatic hydroxyl groups is 1. The number of rotatable bonds is 3. The molecule has 98 valence electrons. The van der Waals surface area contributed by atoms with Crippen LogP contribution >= 0.6 is 27.5 Å². The van der Waals surface area contributed by atoms with Crippen molar-refractivity contribution >= 4 is 39.1 Å². The molecule has 3 nitrogen and oxygen atoms in total. The first kappa shape index (κ1) is 14.1. The quantitative estimate of drug-likeness (QED) is 0.893. The molecule has 0 aliphatic heterocycles. The number of nitrogens with one attached hydrogen (secondary N) is 1. The molecular formula is C14H11BrClNO2. The lowest BCUT2D eigenvalue weighted by molar-refractivity contribution is -0.124. The third-order valence-corrected chi connectivity index (χ3v) is 3.29. The van der Waals surface area contributed by atoms with Crippen molar-refractivity contribution in [3.05, 3.63) is 63.6 Å². The summed E-state index contributed by atoms with van der Waals surface area (Å²) in [7, 11) is 0. The molecule has 0 aliphatic carbocycles. The maximum Gasteiger partial charge on any atom is 0.257 e. The van der Waals surface area contributed by atoms with Crippen molar-refractivity contribution < 1.29 is 9.90 Å². The lowest BCUT2D eigenvalue weighted by Crippen LogP contribution is -2.20. The molecule has 2 aromatic rings. The molecule has 1 atom stereocenters. The number of anilines is 1. The highest BCUT2D eigenvalue weighted by molar-refractivity contribution is 9.10. The van der Waals surface area contributed by atoms with Gasteiger partial charge in [-0.05, 0) is 42.0 Å². The first-order chi connectivity index (χ1) is 9.06. The number of benzene rings is 2. The number of carbonyl (C=O) groups is 1. The summed E-state index contributed by atoms with van der Waals surface area (Å²) in [5.41, 5.74) is 1.08. The zero-order valence-electron chi connectivity index (χ0n) is 9.81. The fourth-order valence-electron chi connectivity index (χ4n) is 1.57. The van der Waals surface area contributed by atoms with Crippen molar-refractivity contribution in [1.82, 2.24) is 0 Å². The van der Waals surface area contributed by atoms with Crippen molar-refractivity contribution in [2.45, 2.75) is 6.10 Å². The minimum atomic E-state index is -1.25. The van der Waals surface area contributed by atoms with Crippen LogP contribution in [0.2, 0.25) is 5.02 Å². The van der Waals surface area contributed by atoms with E-state index >= 15 is 0 Å². The maximum atomic E-state index is 11.9. The van der Waals surface area contributed by atoms with E-state index in [4.69, 9.17) is 11.6 Å². The molecule has 1 amide bonds. The third kappa shape index (κ3) is 3.80. The zero-order valence-corrected chi connectivity index (χ0v) is 12.1. The van der Waals surface area contributed by atoms with Crippen LogP contribution in [-0.2, 0) is 4.79 Å². The van der Waals surface area contributed by atoms with Crippen molar-refractivity contribution in [2.75, 3.05) is 5.32 Å². The van der Waals surface area contributed by atoms with E-state index in [1.165, 1.54) is 0 Å². The Bertz CT molecular complexity index is 586. The monoisotopic (exact) mass is 339 g/mol. The topological polar surface area (TPSA) is 49.3 Å². The van der Waals surface area contributed by atoms with Gasteiger partial charge in [-0.3, -0.25) is 4.79 Å². The number of hydrogen-bond acceptors (Lipinski definition) is 2. The van der Waals surface area contributed by atoms with Gasteiger partial charge in [-0.25, -0.2) is 0 Å². The summed E-state index contributed by atoms with van der Waals surface area (Å²) in [5.74, 6) is -0.496. The van der Waals surface area contributed by atoms with Crippen LogP contribution in [-0.4, -0.2) is 11.0 Å². The number of carbonyl (C=O) groups excluding carboxylic acids is 1. The van der Waals surface area contributed by atoms with Gasteiger partial charge in [-0.2, -0.15) is 0 Å². The molecule has 2 aromatic carbocycles. The first-order valence-corrected chi connectivity index (χ1v) is 6.73. The van der Waals surface area contributed by atoms with Gasteiger partial charge in [0.05, 0.1) is 0 Å². The average Bonchev–Trinajstić information content (AvgIpc) is 2.40. The van der Waals surface area contributed by atoms with E-state index in [1.54, 1.807) is 48.5 Å². The summed E-state index contributed by atoms with van der Waals surface area (Å²) in [6.45, 7) is 0. The Morgan fingerprint density at radius 3 is 2.53 bits per heavy atom. The zero-order chi connectivity index (χ0) is 13.8.